The number of rotatable bonds is 6. The molecular formula is C30H48N4O2. The van der Waals surface area contributed by atoms with Gasteiger partial charge in [0.2, 0.25) is 5.76 Å². The summed E-state index contributed by atoms with van der Waals surface area (Å²) in [6.07, 6.45) is 11.4. The fraction of sp³-hybridized carbons (Fsp3) is 0.500. The van der Waals surface area contributed by atoms with Crippen molar-refractivity contribution in [3.63, 3.8) is 0 Å². The highest BCUT2D eigenvalue weighted by Crippen LogP contribution is 2.28. The summed E-state index contributed by atoms with van der Waals surface area (Å²) >= 11 is 0. The zero-order valence-corrected chi connectivity index (χ0v) is 23.8. The Morgan fingerprint density at radius 3 is 2.08 bits per heavy atom. The molecule has 1 fully saturated rings. The summed E-state index contributed by atoms with van der Waals surface area (Å²) in [4.78, 5) is 8.51. The van der Waals surface area contributed by atoms with Crippen LogP contribution in [0.1, 0.15) is 92.8 Å². The molecule has 36 heavy (non-hydrogen) atoms. The lowest BCUT2D eigenvalue weighted by atomic mass is 10.0. The van der Waals surface area contributed by atoms with Crippen molar-refractivity contribution in [2.75, 3.05) is 7.05 Å². The van der Waals surface area contributed by atoms with Crippen molar-refractivity contribution in [1.29, 1.82) is 0 Å². The molecule has 0 spiro atoms. The molecule has 6 heteroatoms. The van der Waals surface area contributed by atoms with Gasteiger partial charge in [-0.2, -0.15) is 0 Å². The summed E-state index contributed by atoms with van der Waals surface area (Å²) in [5.74, 6) is 2.56. The van der Waals surface area contributed by atoms with Gasteiger partial charge in [-0.05, 0) is 31.9 Å². The molecule has 0 saturated heterocycles. The summed E-state index contributed by atoms with van der Waals surface area (Å²) in [6, 6.07) is 9.36. The molecule has 0 aliphatic heterocycles. The van der Waals surface area contributed by atoms with E-state index in [0.717, 1.165) is 5.92 Å². The van der Waals surface area contributed by atoms with Crippen LogP contribution >= 0.6 is 0 Å². The van der Waals surface area contributed by atoms with Crippen LogP contribution in [-0.2, 0) is 0 Å². The predicted octanol–water partition coefficient (Wildman–Crippen LogP) is 8.75. The van der Waals surface area contributed by atoms with Crippen LogP contribution in [0.25, 0.3) is 0 Å². The molecule has 0 amide bonds. The Morgan fingerprint density at radius 2 is 1.67 bits per heavy atom. The number of hydrogen-bond donors (Lipinski definition) is 1. The number of ether oxygens (including phenoxy) is 1. The third kappa shape index (κ3) is 12.5. The molecule has 1 aliphatic rings. The summed E-state index contributed by atoms with van der Waals surface area (Å²) in [7, 11) is 1.65. The normalized spacial score (nSPS) is 14.2. The molecule has 1 saturated carbocycles. The van der Waals surface area contributed by atoms with Crippen LogP contribution < -0.4 is 10.5 Å². The zero-order valence-electron chi connectivity index (χ0n) is 23.8. The van der Waals surface area contributed by atoms with Crippen molar-refractivity contribution in [1.82, 2.24) is 5.16 Å². The van der Waals surface area contributed by atoms with Gasteiger partial charge in [-0.15, -0.1) is 0 Å². The van der Waals surface area contributed by atoms with E-state index < -0.39 is 0 Å². The molecule has 1 aromatic carbocycles. The topological polar surface area (TPSA) is 86.0 Å². The maximum atomic E-state index is 6.03. The van der Waals surface area contributed by atoms with Gasteiger partial charge < -0.3 is 15.0 Å². The smallest absolute Gasteiger partial charge is 0.227 e. The number of aromatic nitrogens is 1. The number of nitrogens with two attached hydrogens (primary N) is 1. The van der Waals surface area contributed by atoms with E-state index in [4.69, 9.17) is 15.0 Å². The highest BCUT2D eigenvalue weighted by Gasteiger charge is 2.23. The first-order valence-electron chi connectivity index (χ1n) is 13.1. The minimum Gasteiger partial charge on any atom is -0.451 e. The van der Waals surface area contributed by atoms with Gasteiger partial charge in [-0.25, -0.2) is 0 Å². The van der Waals surface area contributed by atoms with Crippen LogP contribution in [0.3, 0.4) is 0 Å². The van der Waals surface area contributed by atoms with Crippen LogP contribution in [0.15, 0.2) is 75.1 Å². The Hall–Kier alpha value is -3.15. The number of hydrogen-bond acceptors (Lipinski definition) is 6. The van der Waals surface area contributed by atoms with Gasteiger partial charge in [0, 0.05) is 30.2 Å². The lowest BCUT2D eigenvalue weighted by Crippen LogP contribution is -2.17. The fourth-order valence-electron chi connectivity index (χ4n) is 3.38. The molecule has 1 aliphatic carbocycles. The van der Waals surface area contributed by atoms with E-state index in [2.05, 4.69) is 56.3 Å². The largest absolute Gasteiger partial charge is 0.451 e. The van der Waals surface area contributed by atoms with Crippen LogP contribution in [0.4, 0.5) is 0 Å². The monoisotopic (exact) mass is 496 g/mol. The molecule has 3 rings (SSSR count). The van der Waals surface area contributed by atoms with Crippen molar-refractivity contribution in [3.05, 3.63) is 66.3 Å². The highest BCUT2D eigenvalue weighted by atomic mass is 16.5. The number of aliphatic imine (C=N–C) groups is 2. The second-order valence-corrected chi connectivity index (χ2v) is 8.77. The maximum absolute atomic E-state index is 6.03. The van der Waals surface area contributed by atoms with Gasteiger partial charge in [-0.3, -0.25) is 9.98 Å². The van der Waals surface area contributed by atoms with Gasteiger partial charge in [-0.1, -0.05) is 103 Å². The van der Waals surface area contributed by atoms with Crippen LogP contribution in [0, 0.1) is 5.92 Å². The molecule has 0 radical (unpaired) electrons. The molecule has 0 bridgehead atoms. The molecule has 200 valence electrons. The van der Waals surface area contributed by atoms with Gasteiger partial charge in [0.1, 0.15) is 17.7 Å². The molecule has 2 N–H and O–H groups in total. The van der Waals surface area contributed by atoms with E-state index in [-0.39, 0.29) is 0 Å². The van der Waals surface area contributed by atoms with Crippen molar-refractivity contribution in [3.8, 4) is 11.5 Å². The minimum absolute atomic E-state index is 0.389. The Bertz CT molecular complexity index is 931. The van der Waals surface area contributed by atoms with Gasteiger partial charge in [0.25, 0.3) is 0 Å². The first-order valence-corrected chi connectivity index (χ1v) is 13.1. The third-order valence-electron chi connectivity index (χ3n) is 4.87. The number of allylic oxidation sites excluding steroid dienone is 2. The molecule has 6 nitrogen and oxygen atoms in total. The summed E-state index contributed by atoms with van der Waals surface area (Å²) < 4.78 is 11.2. The maximum Gasteiger partial charge on any atom is 0.227 e. The van der Waals surface area contributed by atoms with E-state index in [0.29, 0.717) is 40.0 Å². The number of para-hydroxylation sites is 1. The van der Waals surface area contributed by atoms with Crippen molar-refractivity contribution < 1.29 is 9.26 Å². The summed E-state index contributed by atoms with van der Waals surface area (Å²) in [5.41, 5.74) is 8.44. The Labute approximate surface area is 219 Å². The SMILES string of the molecule is C=CN=C(C)/C(C(=NC)c1oncc1Oc1ccccc1)=C(\C)N.CC1CCCC1.CCC.CCC. The second-order valence-electron chi connectivity index (χ2n) is 8.77. The average Bonchev–Trinajstić information content (AvgIpc) is 3.51. The van der Waals surface area contributed by atoms with Crippen molar-refractivity contribution in [2.24, 2.45) is 21.6 Å². The number of benzene rings is 1. The predicted molar refractivity (Wildman–Crippen MR) is 155 cm³/mol. The Balaban J connectivity index is 0.000000842. The lowest BCUT2D eigenvalue weighted by Gasteiger charge is -2.11. The van der Waals surface area contributed by atoms with Gasteiger partial charge >= 0.3 is 0 Å². The quantitative estimate of drug-likeness (QED) is 0.405. The molecule has 1 aromatic heterocycles. The van der Waals surface area contributed by atoms with E-state index in [9.17, 15) is 0 Å². The third-order valence-corrected chi connectivity index (χ3v) is 4.87. The van der Waals surface area contributed by atoms with Crippen LogP contribution in [-0.4, -0.2) is 23.6 Å². The highest BCUT2D eigenvalue weighted by molar-refractivity contribution is 6.29. The molecule has 0 unspecified atom stereocenters. The zero-order chi connectivity index (χ0) is 27.3. The number of nitrogens with zero attached hydrogens (tertiary/aromatic N) is 3. The van der Waals surface area contributed by atoms with E-state index >= 15 is 0 Å². The minimum atomic E-state index is 0.389. The van der Waals surface area contributed by atoms with Crippen LogP contribution in [0.5, 0.6) is 11.5 Å². The van der Waals surface area contributed by atoms with Crippen molar-refractivity contribution in [2.45, 2.75) is 87.0 Å². The first kappa shape index (κ1) is 32.8. The molecule has 2 aromatic rings. The Morgan fingerprint density at radius 1 is 1.11 bits per heavy atom. The van der Waals surface area contributed by atoms with E-state index in [1.165, 1.54) is 50.9 Å². The summed E-state index contributed by atoms with van der Waals surface area (Å²) in [6.45, 7) is 18.1. The lowest BCUT2D eigenvalue weighted by molar-refractivity contribution is 0.403. The standard InChI is InChI=1S/C18H20N4O2.C6H12.2C3H8/c1-5-21-13(3)16(12(2)19)17(20-4)18-15(11-22-24-18)23-14-9-7-6-8-10-14;1-6-4-2-3-5-6;2*1-3-2/h5-11H,1,19H2,2-4H3;6H,2-5H2,1H3;2*3H2,1-2H3/b16-12-,20-17?,21-13?;;;. The summed E-state index contributed by atoms with van der Waals surface area (Å²) in [5, 5.41) is 3.83. The molecule has 0 atom stereocenters. The molecule has 1 heterocycles. The second kappa shape index (κ2) is 20.1. The van der Waals surface area contributed by atoms with Gasteiger partial charge in [0.15, 0.2) is 5.75 Å². The fourth-order valence-corrected chi connectivity index (χ4v) is 3.38. The van der Waals surface area contributed by atoms with Crippen molar-refractivity contribution >= 4 is 11.4 Å². The molecular weight excluding hydrogens is 448 g/mol. The van der Waals surface area contributed by atoms with Gasteiger partial charge in [0.05, 0.1) is 0 Å². The van der Waals surface area contributed by atoms with E-state index in [1.54, 1.807) is 14.0 Å². The van der Waals surface area contributed by atoms with Crippen LogP contribution in [0.2, 0.25) is 0 Å². The first-order chi connectivity index (χ1) is 17.3. The average molecular weight is 497 g/mol. The van der Waals surface area contributed by atoms with E-state index in [1.807, 2.05) is 37.3 Å². The Kier molecular flexibility index (Phi) is 18.3.